The average molecular weight is 103 g/mol. The molecule has 0 saturated heterocycles. The summed E-state index contributed by atoms with van der Waals surface area (Å²) in [5, 5.41) is 2.78. The van der Waals surface area contributed by atoms with Gasteiger partial charge in [0.2, 0.25) is 0 Å². The van der Waals surface area contributed by atoms with Crippen LogP contribution in [-0.4, -0.2) is 13.6 Å². The van der Waals surface area contributed by atoms with Crippen molar-refractivity contribution >= 4 is 0 Å². The molecule has 0 bridgehead atoms. The number of nitrogens with one attached hydrogen (secondary N) is 1. The Bertz CT molecular complexity index is 64.5. The molecule has 0 amide bonds. The van der Waals surface area contributed by atoms with Crippen LogP contribution in [0.1, 0.15) is 6.92 Å². The molecule has 0 atom stereocenters. The minimum atomic E-state index is -0.130. The Labute approximate surface area is 43.2 Å². The molecular weight excluding hydrogens is 93.1 g/mol. The lowest BCUT2D eigenvalue weighted by Crippen LogP contribution is -2.04. The van der Waals surface area contributed by atoms with Gasteiger partial charge < -0.3 is 5.32 Å². The predicted molar refractivity (Wildman–Crippen MR) is 28.8 cm³/mol. The summed E-state index contributed by atoms with van der Waals surface area (Å²) in [6, 6.07) is 0. The van der Waals surface area contributed by atoms with E-state index in [0.29, 0.717) is 6.54 Å². The van der Waals surface area contributed by atoms with Crippen LogP contribution in [0.2, 0.25) is 0 Å². The van der Waals surface area contributed by atoms with Crippen LogP contribution in [0.5, 0.6) is 0 Å². The largest absolute Gasteiger partial charge is 0.316 e. The zero-order chi connectivity index (χ0) is 5.70. The monoisotopic (exact) mass is 103 g/mol. The molecule has 0 aromatic rings. The molecular formula is C5H10FN. The van der Waals surface area contributed by atoms with E-state index in [1.54, 1.807) is 7.05 Å². The van der Waals surface area contributed by atoms with Gasteiger partial charge >= 0.3 is 0 Å². The first kappa shape index (κ1) is 6.63. The summed E-state index contributed by atoms with van der Waals surface area (Å²) in [6.45, 7) is 2.04. The molecule has 0 spiro atoms. The van der Waals surface area contributed by atoms with Gasteiger partial charge in [-0.25, -0.2) is 4.39 Å². The summed E-state index contributed by atoms with van der Waals surface area (Å²) >= 11 is 0. The van der Waals surface area contributed by atoms with Gasteiger partial charge in [-0.05, 0) is 20.0 Å². The van der Waals surface area contributed by atoms with E-state index in [0.717, 1.165) is 0 Å². The predicted octanol–water partition coefficient (Wildman–Crippen LogP) is 1.08. The van der Waals surface area contributed by atoms with E-state index in [1.165, 1.54) is 13.0 Å². The average Bonchev–Trinajstić information content (AvgIpc) is 1.61. The number of allylic oxidation sites excluding steroid dienone is 1. The Morgan fingerprint density at radius 1 is 1.86 bits per heavy atom. The van der Waals surface area contributed by atoms with Gasteiger partial charge in [0.15, 0.2) is 0 Å². The van der Waals surface area contributed by atoms with Crippen LogP contribution in [0.15, 0.2) is 11.9 Å². The molecule has 0 aliphatic carbocycles. The highest BCUT2D eigenvalue weighted by Crippen LogP contribution is 1.88. The van der Waals surface area contributed by atoms with Crippen LogP contribution in [0.3, 0.4) is 0 Å². The maximum Gasteiger partial charge on any atom is 0.0941 e. The SMILES string of the molecule is CNC/C=C(\C)F. The Morgan fingerprint density at radius 2 is 2.43 bits per heavy atom. The maximum absolute atomic E-state index is 11.7. The summed E-state index contributed by atoms with van der Waals surface area (Å²) in [7, 11) is 1.78. The third kappa shape index (κ3) is 5.63. The highest BCUT2D eigenvalue weighted by molar-refractivity contribution is 4.87. The fraction of sp³-hybridized carbons (Fsp3) is 0.600. The molecule has 0 aliphatic heterocycles. The molecule has 0 aromatic heterocycles. The molecule has 42 valence electrons. The highest BCUT2D eigenvalue weighted by atomic mass is 19.1. The van der Waals surface area contributed by atoms with Gasteiger partial charge in [0.1, 0.15) is 0 Å². The molecule has 2 heteroatoms. The number of halogens is 1. The van der Waals surface area contributed by atoms with Crippen LogP contribution in [0, 0.1) is 0 Å². The Kier molecular flexibility index (Phi) is 3.61. The molecule has 0 saturated carbocycles. The third-order valence-electron chi connectivity index (χ3n) is 0.587. The van der Waals surface area contributed by atoms with Crippen LogP contribution < -0.4 is 5.32 Å². The normalized spacial score (nSPS) is 12.1. The minimum absolute atomic E-state index is 0.130. The fourth-order valence-corrected chi connectivity index (χ4v) is 0.243. The lowest BCUT2D eigenvalue weighted by molar-refractivity contribution is 0.633. The number of hydrogen-bond donors (Lipinski definition) is 1. The molecule has 0 aliphatic rings. The van der Waals surface area contributed by atoms with E-state index in [1.807, 2.05) is 0 Å². The van der Waals surface area contributed by atoms with Crippen molar-refractivity contribution in [2.45, 2.75) is 6.92 Å². The van der Waals surface area contributed by atoms with Gasteiger partial charge in [0.05, 0.1) is 5.83 Å². The maximum atomic E-state index is 11.7. The van der Waals surface area contributed by atoms with Crippen LogP contribution in [-0.2, 0) is 0 Å². The number of hydrogen-bond acceptors (Lipinski definition) is 1. The van der Waals surface area contributed by atoms with Gasteiger partial charge in [-0.15, -0.1) is 0 Å². The zero-order valence-corrected chi connectivity index (χ0v) is 4.66. The van der Waals surface area contributed by atoms with Crippen LogP contribution in [0.4, 0.5) is 4.39 Å². The van der Waals surface area contributed by atoms with Crippen molar-refractivity contribution in [1.29, 1.82) is 0 Å². The molecule has 1 nitrogen and oxygen atoms in total. The van der Waals surface area contributed by atoms with Gasteiger partial charge in [0, 0.05) is 6.54 Å². The van der Waals surface area contributed by atoms with E-state index < -0.39 is 0 Å². The molecule has 0 rings (SSSR count). The van der Waals surface area contributed by atoms with Crippen LogP contribution in [0.25, 0.3) is 0 Å². The summed E-state index contributed by atoms with van der Waals surface area (Å²) in [6.07, 6.45) is 1.49. The summed E-state index contributed by atoms with van der Waals surface area (Å²) in [5.41, 5.74) is 0. The minimum Gasteiger partial charge on any atom is -0.316 e. The fourth-order valence-electron chi connectivity index (χ4n) is 0.243. The molecule has 0 fully saturated rings. The van der Waals surface area contributed by atoms with Crippen molar-refractivity contribution < 1.29 is 4.39 Å². The summed E-state index contributed by atoms with van der Waals surface area (Å²) < 4.78 is 11.7. The molecule has 1 N–H and O–H groups in total. The Morgan fingerprint density at radius 3 is 2.57 bits per heavy atom. The van der Waals surface area contributed by atoms with Crippen molar-refractivity contribution in [3.05, 3.63) is 11.9 Å². The molecule has 0 aromatic carbocycles. The molecule has 0 unspecified atom stereocenters. The Hall–Kier alpha value is -0.370. The lowest BCUT2D eigenvalue weighted by atomic mass is 10.5. The van der Waals surface area contributed by atoms with E-state index in [2.05, 4.69) is 5.32 Å². The van der Waals surface area contributed by atoms with Crippen molar-refractivity contribution in [3.63, 3.8) is 0 Å². The standard InChI is InChI=1S/C5H10FN/c1-5(6)3-4-7-2/h3,7H,4H2,1-2H3/b5-3+. The van der Waals surface area contributed by atoms with Crippen molar-refractivity contribution in [3.8, 4) is 0 Å². The lowest BCUT2D eigenvalue weighted by Gasteiger charge is -1.85. The van der Waals surface area contributed by atoms with E-state index >= 15 is 0 Å². The van der Waals surface area contributed by atoms with Crippen molar-refractivity contribution in [2.24, 2.45) is 0 Å². The highest BCUT2D eigenvalue weighted by Gasteiger charge is 1.76. The molecule has 7 heavy (non-hydrogen) atoms. The second kappa shape index (κ2) is 3.81. The number of likely N-dealkylation sites (N-methyl/N-ethyl adjacent to an activating group) is 1. The second-order valence-corrected chi connectivity index (χ2v) is 1.35. The smallest absolute Gasteiger partial charge is 0.0941 e. The van der Waals surface area contributed by atoms with Gasteiger partial charge in [-0.1, -0.05) is 0 Å². The topological polar surface area (TPSA) is 12.0 Å². The quantitative estimate of drug-likeness (QED) is 0.551. The van der Waals surface area contributed by atoms with Crippen molar-refractivity contribution in [1.82, 2.24) is 5.32 Å². The number of rotatable bonds is 2. The zero-order valence-electron chi connectivity index (χ0n) is 4.66. The first-order valence-electron chi connectivity index (χ1n) is 2.24. The first-order chi connectivity index (χ1) is 3.27. The third-order valence-corrected chi connectivity index (χ3v) is 0.587. The van der Waals surface area contributed by atoms with E-state index in [-0.39, 0.29) is 5.83 Å². The van der Waals surface area contributed by atoms with Gasteiger partial charge in [-0.2, -0.15) is 0 Å². The van der Waals surface area contributed by atoms with E-state index in [4.69, 9.17) is 0 Å². The van der Waals surface area contributed by atoms with Crippen molar-refractivity contribution in [2.75, 3.05) is 13.6 Å². The van der Waals surface area contributed by atoms with E-state index in [9.17, 15) is 4.39 Å². The molecule has 0 heterocycles. The Balaban J connectivity index is 3.08. The summed E-state index contributed by atoms with van der Waals surface area (Å²) in [5.74, 6) is -0.130. The first-order valence-corrected chi connectivity index (χ1v) is 2.24. The molecule has 0 radical (unpaired) electrons. The van der Waals surface area contributed by atoms with Gasteiger partial charge in [-0.3, -0.25) is 0 Å². The van der Waals surface area contributed by atoms with Gasteiger partial charge in [0.25, 0.3) is 0 Å². The summed E-state index contributed by atoms with van der Waals surface area (Å²) in [4.78, 5) is 0. The second-order valence-electron chi connectivity index (χ2n) is 1.35. The van der Waals surface area contributed by atoms with Crippen LogP contribution >= 0.6 is 0 Å².